The third kappa shape index (κ3) is 5.93. The Morgan fingerprint density at radius 2 is 2.10 bits per heavy atom. The molecule has 0 spiro atoms. The fourth-order valence-corrected chi connectivity index (χ4v) is 5.25. The fourth-order valence-electron chi connectivity index (χ4n) is 3.32. The highest BCUT2D eigenvalue weighted by molar-refractivity contribution is 9.10. The number of benzene rings is 1. The van der Waals surface area contributed by atoms with Crippen LogP contribution < -0.4 is 5.32 Å². The number of hydrogen-bond acceptors (Lipinski definition) is 6. The smallest absolute Gasteiger partial charge is 0.234 e. The quantitative estimate of drug-likeness (QED) is 0.430. The van der Waals surface area contributed by atoms with E-state index < -0.39 is 10.0 Å². The molecule has 0 radical (unpaired) electrons. The molecule has 2 heterocycles. The van der Waals surface area contributed by atoms with Crippen molar-refractivity contribution in [1.82, 2.24) is 19.1 Å². The van der Waals surface area contributed by atoms with Gasteiger partial charge in [0.25, 0.3) is 0 Å². The molecular formula is C19H24BrN5O3S2. The molecule has 0 aliphatic carbocycles. The number of thioether (sulfide) groups is 1. The Labute approximate surface area is 189 Å². The van der Waals surface area contributed by atoms with Gasteiger partial charge in [-0.15, -0.1) is 16.8 Å². The predicted octanol–water partition coefficient (Wildman–Crippen LogP) is 3.10. The molecular weight excluding hydrogens is 490 g/mol. The van der Waals surface area contributed by atoms with Gasteiger partial charge in [0.15, 0.2) is 5.16 Å². The molecule has 2 aromatic rings. The first-order chi connectivity index (χ1) is 14.3. The zero-order chi connectivity index (χ0) is 21.7. The number of allylic oxidation sites excluding steroid dienone is 1. The van der Waals surface area contributed by atoms with Gasteiger partial charge >= 0.3 is 0 Å². The fraction of sp³-hybridized carbons (Fsp3) is 0.421. The van der Waals surface area contributed by atoms with Gasteiger partial charge in [0.1, 0.15) is 5.82 Å². The lowest BCUT2D eigenvalue weighted by atomic mass is 9.99. The zero-order valence-electron chi connectivity index (χ0n) is 16.6. The number of anilines is 1. The van der Waals surface area contributed by atoms with Crippen molar-refractivity contribution in [3.05, 3.63) is 47.2 Å². The number of carbonyl (C=O) groups is 1. The molecule has 8 nitrogen and oxygen atoms in total. The third-order valence-electron chi connectivity index (χ3n) is 4.74. The molecule has 0 unspecified atom stereocenters. The van der Waals surface area contributed by atoms with Crippen molar-refractivity contribution in [3.63, 3.8) is 0 Å². The van der Waals surface area contributed by atoms with E-state index in [9.17, 15) is 13.2 Å². The van der Waals surface area contributed by atoms with Crippen LogP contribution in [0.2, 0.25) is 0 Å². The normalized spacial score (nSPS) is 17.6. The second-order valence-electron chi connectivity index (χ2n) is 7.04. The number of nitrogens with one attached hydrogen (secondary N) is 1. The number of carbonyl (C=O) groups excluding carboxylic acids is 1. The van der Waals surface area contributed by atoms with Crippen LogP contribution in [0, 0.1) is 0 Å². The Morgan fingerprint density at radius 3 is 2.77 bits per heavy atom. The largest absolute Gasteiger partial charge is 0.325 e. The van der Waals surface area contributed by atoms with E-state index >= 15 is 0 Å². The van der Waals surface area contributed by atoms with E-state index in [1.165, 1.54) is 22.3 Å². The molecule has 1 aromatic heterocycles. The van der Waals surface area contributed by atoms with Crippen LogP contribution in [0.4, 0.5) is 5.69 Å². The van der Waals surface area contributed by atoms with Gasteiger partial charge in [0.2, 0.25) is 15.9 Å². The topological polar surface area (TPSA) is 97.2 Å². The Kier molecular flexibility index (Phi) is 7.72. The Balaban J connectivity index is 1.68. The van der Waals surface area contributed by atoms with Crippen molar-refractivity contribution in [3.8, 4) is 0 Å². The van der Waals surface area contributed by atoms with E-state index in [4.69, 9.17) is 0 Å². The molecule has 3 rings (SSSR count). The van der Waals surface area contributed by atoms with Crippen LogP contribution in [-0.4, -0.2) is 58.5 Å². The standard InChI is InChI=1S/C19H24BrN5O3S2/c1-3-10-25-18(14-5-4-11-24(12-14)30(2,27)28)22-23-19(25)29-13-17(26)21-16-8-6-15(20)7-9-16/h3,6-9,14H,1,4-5,10-13H2,2H3,(H,21,26)/t14-/m0/s1. The molecule has 162 valence electrons. The van der Waals surface area contributed by atoms with E-state index in [-0.39, 0.29) is 17.6 Å². The maximum Gasteiger partial charge on any atom is 0.234 e. The van der Waals surface area contributed by atoms with Gasteiger partial charge in [-0.2, -0.15) is 0 Å². The van der Waals surface area contributed by atoms with Crippen molar-refractivity contribution in [2.45, 2.75) is 30.5 Å². The van der Waals surface area contributed by atoms with Gasteiger partial charge in [0, 0.05) is 35.7 Å². The number of hydrogen-bond donors (Lipinski definition) is 1. The molecule has 1 amide bonds. The first-order valence-corrected chi connectivity index (χ1v) is 13.1. The number of piperidine rings is 1. The van der Waals surface area contributed by atoms with E-state index in [0.29, 0.717) is 24.8 Å². The van der Waals surface area contributed by atoms with Crippen molar-refractivity contribution in [1.29, 1.82) is 0 Å². The van der Waals surface area contributed by atoms with E-state index in [1.807, 2.05) is 28.8 Å². The summed E-state index contributed by atoms with van der Waals surface area (Å²) in [5.74, 6) is 0.745. The summed E-state index contributed by atoms with van der Waals surface area (Å²) < 4.78 is 28.2. The Hall–Kier alpha value is -1.69. The van der Waals surface area contributed by atoms with Gasteiger partial charge in [0.05, 0.1) is 12.0 Å². The lowest BCUT2D eigenvalue weighted by Gasteiger charge is -2.30. The SMILES string of the molecule is C=CCn1c(SCC(=O)Nc2ccc(Br)cc2)nnc1[C@H]1CCCN(S(C)(=O)=O)C1. The maximum absolute atomic E-state index is 12.3. The van der Waals surface area contributed by atoms with Crippen LogP contribution in [0.5, 0.6) is 0 Å². The molecule has 1 aliphatic rings. The van der Waals surface area contributed by atoms with Gasteiger partial charge in [-0.25, -0.2) is 12.7 Å². The van der Waals surface area contributed by atoms with Crippen LogP contribution in [0.3, 0.4) is 0 Å². The predicted molar refractivity (Wildman–Crippen MR) is 122 cm³/mol. The summed E-state index contributed by atoms with van der Waals surface area (Å²) >= 11 is 4.66. The summed E-state index contributed by atoms with van der Waals surface area (Å²) in [4.78, 5) is 12.3. The van der Waals surface area contributed by atoms with E-state index in [2.05, 4.69) is 38.0 Å². The first kappa shape index (κ1) is 23.0. The lowest BCUT2D eigenvalue weighted by molar-refractivity contribution is -0.113. The zero-order valence-corrected chi connectivity index (χ0v) is 19.8. The van der Waals surface area contributed by atoms with Gasteiger partial charge in [-0.3, -0.25) is 4.79 Å². The highest BCUT2D eigenvalue weighted by Gasteiger charge is 2.30. The minimum Gasteiger partial charge on any atom is -0.325 e. The van der Waals surface area contributed by atoms with E-state index in [1.54, 1.807) is 6.08 Å². The van der Waals surface area contributed by atoms with Crippen LogP contribution in [0.15, 0.2) is 46.5 Å². The van der Waals surface area contributed by atoms with Crippen molar-refractivity contribution in [2.75, 3.05) is 30.4 Å². The minimum absolute atomic E-state index is 0.0353. The number of sulfonamides is 1. The number of amides is 1. The molecule has 30 heavy (non-hydrogen) atoms. The second kappa shape index (κ2) is 10.1. The minimum atomic E-state index is -3.24. The summed E-state index contributed by atoms with van der Waals surface area (Å²) in [6, 6.07) is 7.36. The monoisotopic (exact) mass is 513 g/mol. The van der Waals surface area contributed by atoms with Gasteiger partial charge in [-0.05, 0) is 37.1 Å². The molecule has 1 aromatic carbocycles. The molecule has 1 N–H and O–H groups in total. The van der Waals surface area contributed by atoms with Gasteiger partial charge < -0.3 is 9.88 Å². The number of rotatable bonds is 8. The second-order valence-corrected chi connectivity index (χ2v) is 10.9. The summed E-state index contributed by atoms with van der Waals surface area (Å²) in [6.07, 6.45) is 4.60. The molecule has 1 fully saturated rings. The Morgan fingerprint density at radius 1 is 1.37 bits per heavy atom. The summed E-state index contributed by atoms with van der Waals surface area (Å²) in [5, 5.41) is 12.1. The Bertz CT molecular complexity index is 1010. The summed E-state index contributed by atoms with van der Waals surface area (Å²) in [7, 11) is -3.24. The van der Waals surface area contributed by atoms with Crippen molar-refractivity contribution < 1.29 is 13.2 Å². The number of halogens is 1. The third-order valence-corrected chi connectivity index (χ3v) is 7.50. The molecule has 0 saturated carbocycles. The maximum atomic E-state index is 12.3. The molecule has 1 saturated heterocycles. The molecule has 1 aliphatic heterocycles. The summed E-state index contributed by atoms with van der Waals surface area (Å²) in [5.41, 5.74) is 0.722. The number of nitrogens with zero attached hydrogens (tertiary/aromatic N) is 4. The van der Waals surface area contributed by atoms with Crippen LogP contribution in [0.25, 0.3) is 0 Å². The van der Waals surface area contributed by atoms with Crippen LogP contribution >= 0.6 is 27.7 Å². The van der Waals surface area contributed by atoms with Crippen molar-refractivity contribution in [2.24, 2.45) is 0 Å². The van der Waals surface area contributed by atoms with Crippen LogP contribution in [0.1, 0.15) is 24.6 Å². The van der Waals surface area contributed by atoms with Crippen molar-refractivity contribution >= 4 is 49.3 Å². The summed E-state index contributed by atoms with van der Waals surface area (Å²) in [6.45, 7) is 5.22. The average molecular weight is 514 g/mol. The van der Waals surface area contributed by atoms with E-state index in [0.717, 1.165) is 28.8 Å². The molecule has 11 heteroatoms. The highest BCUT2D eigenvalue weighted by atomic mass is 79.9. The molecule has 1 atom stereocenters. The average Bonchev–Trinajstić information content (AvgIpc) is 3.11. The number of aromatic nitrogens is 3. The lowest BCUT2D eigenvalue weighted by Crippen LogP contribution is -2.39. The highest BCUT2D eigenvalue weighted by Crippen LogP contribution is 2.29. The molecule has 0 bridgehead atoms. The van der Waals surface area contributed by atoms with Gasteiger partial charge in [-0.1, -0.05) is 33.8 Å². The van der Waals surface area contributed by atoms with Crippen LogP contribution in [-0.2, 0) is 21.4 Å². The first-order valence-electron chi connectivity index (χ1n) is 9.45.